The number of aliphatic hydroxyl groups is 2. The Kier molecular flexibility index (Phi) is 8.60. The maximum atomic E-state index is 15.6. The first-order valence-electron chi connectivity index (χ1n) is 14.5. The molecule has 5 aromatic rings. The average Bonchev–Trinajstić information content (AvgIpc) is 3.61. The highest BCUT2D eigenvalue weighted by atomic mass is 127. The Labute approximate surface area is 278 Å². The van der Waals surface area contributed by atoms with Crippen molar-refractivity contribution in [3.63, 3.8) is 0 Å². The molecule has 1 aliphatic rings. The first-order valence-corrected chi connectivity index (χ1v) is 16.0. The highest BCUT2D eigenvalue weighted by Crippen LogP contribution is 2.47. The van der Waals surface area contributed by atoms with E-state index >= 15 is 4.39 Å². The monoisotopic (exact) mass is 735 g/mol. The Bertz CT molecular complexity index is 1830. The number of anilines is 1. The van der Waals surface area contributed by atoms with E-state index in [-0.39, 0.29) is 34.0 Å². The second-order valence-corrected chi connectivity index (χ2v) is 11.5. The molecule has 1 saturated heterocycles. The Morgan fingerprint density at radius 3 is 2.20 bits per heavy atom. The molecule has 2 aromatic heterocycles. The van der Waals surface area contributed by atoms with Crippen LogP contribution in [0.25, 0.3) is 11.2 Å². The molecule has 0 spiro atoms. The summed E-state index contributed by atoms with van der Waals surface area (Å²) < 4.78 is 33.6. The molecule has 6 rings (SSSR count). The van der Waals surface area contributed by atoms with E-state index in [1.807, 2.05) is 84.9 Å². The van der Waals surface area contributed by atoms with Crippen LogP contribution < -0.4 is 14.8 Å². The van der Waals surface area contributed by atoms with Crippen molar-refractivity contribution in [2.24, 2.45) is 0 Å². The second kappa shape index (κ2) is 12.5. The molecule has 0 bridgehead atoms. The van der Waals surface area contributed by atoms with Crippen molar-refractivity contribution in [2.75, 3.05) is 23.5 Å². The minimum absolute atomic E-state index is 0.129. The number of halogens is 2. The molecule has 0 unspecified atom stereocenters. The van der Waals surface area contributed by atoms with Gasteiger partial charge in [0.25, 0.3) is 0 Å². The first kappa shape index (κ1) is 31.7. The second-order valence-electron chi connectivity index (χ2n) is 10.7. The van der Waals surface area contributed by atoms with Gasteiger partial charge in [-0.2, -0.15) is 9.97 Å². The summed E-state index contributed by atoms with van der Waals surface area (Å²) in [6.45, 7) is 2.06. The lowest BCUT2D eigenvalue weighted by Gasteiger charge is -2.37. The number of rotatable bonds is 10. The Hall–Kier alpha value is -4.29. The summed E-state index contributed by atoms with van der Waals surface area (Å²) in [5.74, 6) is 0.475. The van der Waals surface area contributed by atoms with Crippen molar-refractivity contribution < 1.29 is 28.8 Å². The summed E-state index contributed by atoms with van der Waals surface area (Å²) in [6.07, 6.45) is 3.36. The van der Waals surface area contributed by atoms with Gasteiger partial charge in [-0.3, -0.25) is 4.57 Å². The SMILES string of the molecule is C#C[C@]1(O)[C@H](n2cnc3c(OCC)nc(NC(c4ccccc4)(c4ccccc4)c4ccc(OC)cc4)nc32)O[C@](F)(CI)[C@H]1O. The van der Waals surface area contributed by atoms with Crippen molar-refractivity contribution in [3.8, 4) is 24.0 Å². The van der Waals surface area contributed by atoms with Crippen LogP contribution in [-0.4, -0.2) is 65.4 Å². The molecule has 46 heavy (non-hydrogen) atoms. The van der Waals surface area contributed by atoms with Crippen molar-refractivity contribution in [2.45, 2.75) is 36.3 Å². The third-order valence-electron chi connectivity index (χ3n) is 8.08. The first-order chi connectivity index (χ1) is 22.2. The fourth-order valence-electron chi connectivity index (χ4n) is 5.78. The van der Waals surface area contributed by atoms with Crippen LogP contribution in [0, 0.1) is 12.3 Å². The maximum absolute atomic E-state index is 15.6. The third-order valence-corrected chi connectivity index (χ3v) is 9.12. The van der Waals surface area contributed by atoms with Gasteiger partial charge in [0.15, 0.2) is 23.5 Å². The number of fused-ring (bicyclic) bond motifs is 1. The number of alkyl halides is 2. The number of hydrogen-bond donors (Lipinski definition) is 3. The van der Waals surface area contributed by atoms with Crippen LogP contribution in [0.3, 0.4) is 0 Å². The molecule has 0 saturated carbocycles. The summed E-state index contributed by atoms with van der Waals surface area (Å²) in [6, 6.07) is 27.3. The molecule has 0 radical (unpaired) electrons. The van der Waals surface area contributed by atoms with Gasteiger partial charge < -0.3 is 29.7 Å². The van der Waals surface area contributed by atoms with E-state index < -0.39 is 29.3 Å². The molecule has 3 aromatic carbocycles. The van der Waals surface area contributed by atoms with Gasteiger partial charge in [0, 0.05) is 0 Å². The number of benzene rings is 3. The van der Waals surface area contributed by atoms with Gasteiger partial charge in [0.1, 0.15) is 11.3 Å². The largest absolute Gasteiger partial charge is 0.497 e. The molecule has 1 fully saturated rings. The van der Waals surface area contributed by atoms with E-state index in [0.717, 1.165) is 16.7 Å². The predicted molar refractivity (Wildman–Crippen MR) is 179 cm³/mol. The normalized spacial score (nSPS) is 22.8. The number of nitrogens with one attached hydrogen (secondary N) is 1. The summed E-state index contributed by atoms with van der Waals surface area (Å²) in [5, 5.41) is 25.7. The van der Waals surface area contributed by atoms with Crippen LogP contribution in [0.4, 0.5) is 10.3 Å². The Morgan fingerprint density at radius 1 is 1.04 bits per heavy atom. The fourth-order valence-corrected chi connectivity index (χ4v) is 6.38. The zero-order valence-corrected chi connectivity index (χ0v) is 27.1. The molecule has 236 valence electrons. The van der Waals surface area contributed by atoms with Crippen molar-refractivity contribution in [3.05, 3.63) is 108 Å². The molecule has 12 heteroatoms. The van der Waals surface area contributed by atoms with Crippen LogP contribution in [0.5, 0.6) is 11.6 Å². The number of aromatic nitrogens is 4. The molecule has 10 nitrogen and oxygen atoms in total. The lowest BCUT2D eigenvalue weighted by Crippen LogP contribution is -2.49. The van der Waals surface area contributed by atoms with Gasteiger partial charge in [-0.05, 0) is 35.7 Å². The summed E-state index contributed by atoms with van der Waals surface area (Å²) >= 11 is 1.73. The number of nitrogens with zero attached hydrogens (tertiary/aromatic N) is 4. The Balaban J connectivity index is 1.59. The van der Waals surface area contributed by atoms with Crippen LogP contribution >= 0.6 is 22.6 Å². The van der Waals surface area contributed by atoms with Crippen LogP contribution in [0.1, 0.15) is 29.8 Å². The zero-order valence-electron chi connectivity index (χ0n) is 25.0. The zero-order chi connectivity index (χ0) is 32.5. The maximum Gasteiger partial charge on any atom is 0.250 e. The number of methoxy groups -OCH3 is 1. The predicted octanol–water partition coefficient (Wildman–Crippen LogP) is 4.99. The molecule has 3 heterocycles. The van der Waals surface area contributed by atoms with Gasteiger partial charge >= 0.3 is 0 Å². The number of hydrogen-bond acceptors (Lipinski definition) is 9. The van der Waals surface area contributed by atoms with E-state index in [0.29, 0.717) is 5.75 Å². The van der Waals surface area contributed by atoms with Crippen LogP contribution in [0.15, 0.2) is 91.3 Å². The van der Waals surface area contributed by atoms with E-state index in [9.17, 15) is 10.2 Å². The highest BCUT2D eigenvalue weighted by Gasteiger charge is 2.64. The minimum atomic E-state index is -2.62. The van der Waals surface area contributed by atoms with Crippen molar-refractivity contribution in [1.29, 1.82) is 0 Å². The molecule has 0 aliphatic carbocycles. The lowest BCUT2D eigenvalue weighted by atomic mass is 9.77. The molecule has 3 N–H and O–H groups in total. The van der Waals surface area contributed by atoms with Gasteiger partial charge in [0.05, 0.1) is 24.5 Å². The lowest BCUT2D eigenvalue weighted by molar-refractivity contribution is -0.167. The summed E-state index contributed by atoms with van der Waals surface area (Å²) in [7, 11) is 1.61. The number of ether oxygens (including phenoxy) is 3. The summed E-state index contributed by atoms with van der Waals surface area (Å²) in [4.78, 5) is 14.0. The number of aliphatic hydroxyl groups excluding tert-OH is 1. The smallest absolute Gasteiger partial charge is 0.250 e. The molecule has 4 atom stereocenters. The van der Waals surface area contributed by atoms with E-state index in [1.165, 1.54) is 10.9 Å². The third kappa shape index (κ3) is 5.13. The topological polar surface area (TPSA) is 124 Å². The fraction of sp³-hybridized carbons (Fsp3) is 0.265. The molecule has 0 amide bonds. The molecular formula is C34H31FIN5O5. The number of imidazole rings is 1. The highest BCUT2D eigenvalue weighted by molar-refractivity contribution is 14.1. The van der Waals surface area contributed by atoms with E-state index in [1.54, 1.807) is 36.6 Å². The van der Waals surface area contributed by atoms with Gasteiger partial charge in [-0.25, -0.2) is 9.37 Å². The number of terminal acetylenes is 1. The van der Waals surface area contributed by atoms with Crippen LogP contribution in [-0.2, 0) is 10.3 Å². The quantitative estimate of drug-likeness (QED) is 0.0788. The van der Waals surface area contributed by atoms with Gasteiger partial charge in [-0.1, -0.05) is 101 Å². The standard InChI is InChI=1S/C34H31FIN5O5/c1-4-32(43)29(42)33(35,20-36)46-30(32)41-21-37-26-27(41)38-31(39-28(26)45-5-2)40-34(22-12-8-6-9-13-22,23-14-10-7-11-15-23)24-16-18-25(44-3)19-17-24/h1,6-19,21,29-30,42-43H,5,20H2,2-3H3,(H,38,39,40)/t29-,30+,32+,33+/m0/s1. The summed E-state index contributed by atoms with van der Waals surface area (Å²) in [5.41, 5.74) is -0.483. The van der Waals surface area contributed by atoms with Crippen molar-refractivity contribution >= 4 is 39.7 Å². The van der Waals surface area contributed by atoms with E-state index in [2.05, 4.69) is 16.2 Å². The molecular weight excluding hydrogens is 704 g/mol. The van der Waals surface area contributed by atoms with Gasteiger partial charge in [-0.15, -0.1) is 6.42 Å². The Morgan fingerprint density at radius 2 is 1.65 bits per heavy atom. The van der Waals surface area contributed by atoms with E-state index in [4.69, 9.17) is 30.6 Å². The van der Waals surface area contributed by atoms with Crippen LogP contribution in [0.2, 0.25) is 0 Å². The minimum Gasteiger partial charge on any atom is -0.497 e. The average molecular weight is 736 g/mol. The van der Waals surface area contributed by atoms with Gasteiger partial charge in [0.2, 0.25) is 23.3 Å². The van der Waals surface area contributed by atoms with Crippen molar-refractivity contribution in [1.82, 2.24) is 19.5 Å². The molecule has 1 aliphatic heterocycles.